The molecular weight excluding hydrogens is 247 g/mol. The van der Waals surface area contributed by atoms with Crippen LogP contribution in [0.3, 0.4) is 0 Å². The van der Waals surface area contributed by atoms with E-state index in [9.17, 15) is 4.79 Å². The number of carbonyl (C=O) groups is 1. The summed E-state index contributed by atoms with van der Waals surface area (Å²) in [6, 6.07) is 3.17. The molecule has 2 N–H and O–H groups in total. The molecular formula is C12H11BN2O4. The number of pyridine rings is 2. The maximum absolute atomic E-state index is 11.4. The number of rotatable bonds is 3. The lowest BCUT2D eigenvalue weighted by Crippen LogP contribution is -2.30. The fourth-order valence-corrected chi connectivity index (χ4v) is 1.58. The van der Waals surface area contributed by atoms with Crippen LogP contribution in [0.2, 0.25) is 0 Å². The van der Waals surface area contributed by atoms with Crippen molar-refractivity contribution in [2.45, 2.75) is 0 Å². The first-order valence-corrected chi connectivity index (χ1v) is 5.46. The van der Waals surface area contributed by atoms with Crippen LogP contribution in [0, 0.1) is 0 Å². The van der Waals surface area contributed by atoms with Gasteiger partial charge in [-0.05, 0) is 6.07 Å². The van der Waals surface area contributed by atoms with E-state index in [0.717, 1.165) is 0 Å². The highest BCUT2D eigenvalue weighted by Crippen LogP contribution is 2.17. The summed E-state index contributed by atoms with van der Waals surface area (Å²) in [7, 11) is -0.302. The van der Waals surface area contributed by atoms with Crippen molar-refractivity contribution >= 4 is 18.6 Å². The lowest BCUT2D eigenvalue weighted by atomic mass is 9.80. The van der Waals surface area contributed by atoms with E-state index >= 15 is 0 Å². The van der Waals surface area contributed by atoms with Crippen molar-refractivity contribution in [3.8, 4) is 11.1 Å². The van der Waals surface area contributed by atoms with Gasteiger partial charge in [0.2, 0.25) is 0 Å². The molecule has 0 saturated heterocycles. The minimum atomic E-state index is -1.59. The van der Waals surface area contributed by atoms with E-state index in [4.69, 9.17) is 10.0 Å². The van der Waals surface area contributed by atoms with E-state index in [-0.39, 0.29) is 5.46 Å². The molecule has 0 aliphatic rings. The number of esters is 1. The van der Waals surface area contributed by atoms with Gasteiger partial charge in [-0.2, -0.15) is 0 Å². The number of carbonyl (C=O) groups excluding carboxylic acids is 1. The number of methoxy groups -OCH3 is 1. The first kappa shape index (κ1) is 13.2. The smallest absolute Gasteiger partial charge is 0.465 e. The van der Waals surface area contributed by atoms with Crippen LogP contribution in [0.4, 0.5) is 0 Å². The van der Waals surface area contributed by atoms with Crippen LogP contribution in [-0.4, -0.2) is 40.2 Å². The number of ether oxygens (including phenoxy) is 1. The van der Waals surface area contributed by atoms with E-state index in [2.05, 4.69) is 14.7 Å². The van der Waals surface area contributed by atoms with Crippen LogP contribution in [0.15, 0.2) is 36.9 Å². The van der Waals surface area contributed by atoms with Gasteiger partial charge in [0, 0.05) is 41.4 Å². The fourth-order valence-electron chi connectivity index (χ4n) is 1.58. The lowest BCUT2D eigenvalue weighted by Gasteiger charge is -2.05. The quantitative estimate of drug-likeness (QED) is 0.575. The monoisotopic (exact) mass is 258 g/mol. The second-order valence-corrected chi connectivity index (χ2v) is 3.83. The van der Waals surface area contributed by atoms with Gasteiger partial charge in [0.25, 0.3) is 0 Å². The fraction of sp³-hybridized carbons (Fsp3) is 0.0833. The summed E-state index contributed by atoms with van der Waals surface area (Å²) in [6.07, 6.45) is 5.85. The van der Waals surface area contributed by atoms with E-state index in [1.54, 1.807) is 24.5 Å². The minimum Gasteiger partial charge on any atom is -0.465 e. The third kappa shape index (κ3) is 2.96. The SMILES string of the molecule is COC(=O)c1cncc(-c2cncc(B(O)O)c2)c1. The summed E-state index contributed by atoms with van der Waals surface area (Å²) < 4.78 is 4.61. The first-order chi connectivity index (χ1) is 9.11. The Balaban J connectivity index is 2.41. The molecule has 19 heavy (non-hydrogen) atoms. The average molecular weight is 258 g/mol. The van der Waals surface area contributed by atoms with Gasteiger partial charge in [0.15, 0.2) is 0 Å². The van der Waals surface area contributed by atoms with Crippen molar-refractivity contribution in [3.05, 3.63) is 42.5 Å². The third-order valence-electron chi connectivity index (χ3n) is 2.55. The second kappa shape index (κ2) is 5.60. The molecule has 0 amide bonds. The zero-order chi connectivity index (χ0) is 13.8. The van der Waals surface area contributed by atoms with Gasteiger partial charge < -0.3 is 14.8 Å². The summed E-state index contributed by atoms with van der Waals surface area (Å²) in [5.74, 6) is -0.486. The average Bonchev–Trinajstić information content (AvgIpc) is 2.46. The van der Waals surface area contributed by atoms with Crippen LogP contribution >= 0.6 is 0 Å². The molecule has 0 atom stereocenters. The van der Waals surface area contributed by atoms with Crippen molar-refractivity contribution in [1.82, 2.24) is 9.97 Å². The Bertz CT molecular complexity index is 604. The Morgan fingerprint density at radius 2 is 1.74 bits per heavy atom. The van der Waals surface area contributed by atoms with Crippen molar-refractivity contribution in [1.29, 1.82) is 0 Å². The van der Waals surface area contributed by atoms with Crippen molar-refractivity contribution in [2.24, 2.45) is 0 Å². The summed E-state index contributed by atoms with van der Waals surface area (Å²) >= 11 is 0. The largest absolute Gasteiger partial charge is 0.490 e. The molecule has 0 fully saturated rings. The summed E-state index contributed by atoms with van der Waals surface area (Å²) in [4.78, 5) is 19.3. The molecule has 0 spiro atoms. The Hall–Kier alpha value is -2.25. The van der Waals surface area contributed by atoms with Crippen LogP contribution in [0.5, 0.6) is 0 Å². The Morgan fingerprint density at radius 3 is 2.37 bits per heavy atom. The summed E-state index contributed by atoms with van der Waals surface area (Å²) in [5, 5.41) is 18.2. The molecule has 0 bridgehead atoms. The Morgan fingerprint density at radius 1 is 1.11 bits per heavy atom. The molecule has 0 radical (unpaired) electrons. The molecule has 6 nitrogen and oxygen atoms in total. The number of hydrogen-bond acceptors (Lipinski definition) is 6. The van der Waals surface area contributed by atoms with Gasteiger partial charge in [0.05, 0.1) is 12.7 Å². The van der Waals surface area contributed by atoms with Crippen LogP contribution in [0.25, 0.3) is 11.1 Å². The highest BCUT2D eigenvalue weighted by molar-refractivity contribution is 6.58. The molecule has 2 aromatic rings. The third-order valence-corrected chi connectivity index (χ3v) is 2.55. The highest BCUT2D eigenvalue weighted by Gasteiger charge is 2.13. The van der Waals surface area contributed by atoms with Gasteiger partial charge in [-0.15, -0.1) is 0 Å². The number of aromatic nitrogens is 2. The second-order valence-electron chi connectivity index (χ2n) is 3.83. The van der Waals surface area contributed by atoms with E-state index in [1.165, 1.54) is 19.5 Å². The predicted molar refractivity (Wildman–Crippen MR) is 68.6 cm³/mol. The Kier molecular flexibility index (Phi) is 3.89. The number of nitrogens with zero attached hydrogens (tertiary/aromatic N) is 2. The minimum absolute atomic E-state index is 0.265. The molecule has 0 aromatic carbocycles. The van der Waals surface area contributed by atoms with E-state index in [1.807, 2.05) is 0 Å². The predicted octanol–water partition coefficient (Wildman–Crippen LogP) is -0.390. The summed E-state index contributed by atoms with van der Waals surface area (Å²) in [5.41, 5.74) is 1.85. The molecule has 0 aliphatic heterocycles. The van der Waals surface area contributed by atoms with Gasteiger partial charge in [-0.3, -0.25) is 9.97 Å². The van der Waals surface area contributed by atoms with Gasteiger partial charge in [0.1, 0.15) is 0 Å². The standard InChI is InChI=1S/C12H11BN2O4/c1-19-12(16)10-2-8(4-14-6-10)9-3-11(13(17)18)7-15-5-9/h2-7,17-18H,1H3. The zero-order valence-electron chi connectivity index (χ0n) is 10.1. The molecule has 0 saturated carbocycles. The zero-order valence-corrected chi connectivity index (χ0v) is 10.1. The van der Waals surface area contributed by atoms with E-state index < -0.39 is 13.1 Å². The van der Waals surface area contributed by atoms with Gasteiger partial charge in [-0.25, -0.2) is 4.79 Å². The number of hydrogen-bond donors (Lipinski definition) is 2. The molecule has 2 heterocycles. The molecule has 2 rings (SSSR count). The molecule has 7 heteroatoms. The molecule has 2 aromatic heterocycles. The normalized spacial score (nSPS) is 10.1. The Labute approximate surface area is 109 Å². The lowest BCUT2D eigenvalue weighted by molar-refractivity contribution is 0.0600. The van der Waals surface area contributed by atoms with E-state index in [0.29, 0.717) is 16.7 Å². The van der Waals surface area contributed by atoms with Crippen molar-refractivity contribution in [2.75, 3.05) is 7.11 Å². The summed E-state index contributed by atoms with van der Waals surface area (Å²) in [6.45, 7) is 0. The maximum Gasteiger partial charge on any atom is 0.490 e. The van der Waals surface area contributed by atoms with Crippen LogP contribution < -0.4 is 5.46 Å². The van der Waals surface area contributed by atoms with Crippen LogP contribution in [0.1, 0.15) is 10.4 Å². The van der Waals surface area contributed by atoms with Crippen molar-refractivity contribution < 1.29 is 19.6 Å². The van der Waals surface area contributed by atoms with Crippen LogP contribution in [-0.2, 0) is 4.74 Å². The molecule has 0 unspecified atom stereocenters. The van der Waals surface area contributed by atoms with Crippen molar-refractivity contribution in [3.63, 3.8) is 0 Å². The molecule has 0 aliphatic carbocycles. The highest BCUT2D eigenvalue weighted by atomic mass is 16.5. The van der Waals surface area contributed by atoms with Gasteiger partial charge >= 0.3 is 13.1 Å². The topological polar surface area (TPSA) is 92.5 Å². The molecule has 96 valence electrons. The maximum atomic E-state index is 11.4. The first-order valence-electron chi connectivity index (χ1n) is 5.46. The van der Waals surface area contributed by atoms with Gasteiger partial charge in [-0.1, -0.05) is 6.07 Å².